The molecule has 3 heteroatoms. The van der Waals surface area contributed by atoms with Gasteiger partial charge in [-0.1, -0.05) is 24.3 Å². The van der Waals surface area contributed by atoms with E-state index in [2.05, 4.69) is 4.98 Å². The first-order valence-corrected chi connectivity index (χ1v) is 5.57. The molecule has 3 nitrogen and oxygen atoms in total. The lowest BCUT2D eigenvalue weighted by atomic mass is 9.99. The van der Waals surface area contributed by atoms with E-state index in [1.165, 1.54) is 13.8 Å². The van der Waals surface area contributed by atoms with Gasteiger partial charge < -0.3 is 5.11 Å². The number of pyridine rings is 1. The number of carbonyl (C=O) groups excluding carboxylic acids is 1. The highest BCUT2D eigenvalue weighted by Gasteiger charge is 2.23. The average Bonchev–Trinajstić information content (AvgIpc) is 2.27. The van der Waals surface area contributed by atoms with E-state index in [0.29, 0.717) is 5.69 Å². The van der Waals surface area contributed by atoms with E-state index < -0.39 is 5.60 Å². The van der Waals surface area contributed by atoms with Gasteiger partial charge in [0, 0.05) is 11.1 Å². The van der Waals surface area contributed by atoms with Crippen molar-refractivity contribution in [3.63, 3.8) is 0 Å². The summed E-state index contributed by atoms with van der Waals surface area (Å²) in [5.41, 5.74) is 0.261. The van der Waals surface area contributed by atoms with Crippen molar-refractivity contribution >= 4 is 16.7 Å². The van der Waals surface area contributed by atoms with Gasteiger partial charge in [0.15, 0.2) is 5.78 Å². The molecule has 0 aliphatic carbocycles. The number of aromatic nitrogens is 1. The van der Waals surface area contributed by atoms with Crippen LogP contribution in [0.2, 0.25) is 0 Å². The first kappa shape index (κ1) is 11.7. The summed E-state index contributed by atoms with van der Waals surface area (Å²) in [5, 5.41) is 10.6. The molecule has 1 aromatic carbocycles. The van der Waals surface area contributed by atoms with Crippen LogP contribution in [-0.2, 0) is 11.2 Å². The zero-order valence-electron chi connectivity index (χ0n) is 9.97. The minimum atomic E-state index is -1.30. The molecule has 0 amide bonds. The van der Waals surface area contributed by atoms with Crippen LogP contribution in [0.15, 0.2) is 36.4 Å². The molecule has 2 rings (SSSR count). The molecule has 1 aromatic heterocycles. The van der Waals surface area contributed by atoms with E-state index in [0.717, 1.165) is 10.9 Å². The summed E-state index contributed by atoms with van der Waals surface area (Å²) >= 11 is 0. The number of rotatable bonds is 3. The quantitative estimate of drug-likeness (QED) is 0.877. The third-order valence-electron chi connectivity index (χ3n) is 2.68. The Morgan fingerprint density at radius 2 is 1.94 bits per heavy atom. The van der Waals surface area contributed by atoms with Crippen molar-refractivity contribution < 1.29 is 9.90 Å². The summed E-state index contributed by atoms with van der Waals surface area (Å²) in [6.45, 7) is 2.99. The number of nitrogens with zero attached hydrogens (tertiary/aromatic N) is 1. The topological polar surface area (TPSA) is 50.2 Å². The Morgan fingerprint density at radius 1 is 1.24 bits per heavy atom. The molecule has 0 saturated heterocycles. The maximum absolute atomic E-state index is 11.7. The average molecular weight is 229 g/mol. The van der Waals surface area contributed by atoms with Crippen molar-refractivity contribution in [2.45, 2.75) is 25.9 Å². The fourth-order valence-electron chi connectivity index (χ4n) is 1.59. The summed E-state index contributed by atoms with van der Waals surface area (Å²) < 4.78 is 0. The third-order valence-corrected chi connectivity index (χ3v) is 2.68. The number of hydrogen-bond acceptors (Lipinski definition) is 3. The van der Waals surface area contributed by atoms with E-state index in [-0.39, 0.29) is 12.2 Å². The molecule has 0 bridgehead atoms. The summed E-state index contributed by atoms with van der Waals surface area (Å²) in [5.74, 6) is -0.222. The van der Waals surface area contributed by atoms with Crippen molar-refractivity contribution in [2.24, 2.45) is 0 Å². The van der Waals surface area contributed by atoms with Gasteiger partial charge in [-0.25, -0.2) is 0 Å². The van der Waals surface area contributed by atoms with Crippen LogP contribution in [0.5, 0.6) is 0 Å². The second-order valence-corrected chi connectivity index (χ2v) is 4.65. The van der Waals surface area contributed by atoms with Crippen molar-refractivity contribution in [3.8, 4) is 0 Å². The maximum atomic E-state index is 11.7. The molecule has 1 heterocycles. The number of Topliss-reactive ketones (excluding diaryl/α,β-unsaturated/α-hetero) is 1. The van der Waals surface area contributed by atoms with Gasteiger partial charge in [-0.05, 0) is 26.0 Å². The van der Waals surface area contributed by atoms with Gasteiger partial charge in [0.25, 0.3) is 0 Å². The van der Waals surface area contributed by atoms with E-state index in [1.54, 1.807) is 0 Å². The van der Waals surface area contributed by atoms with Gasteiger partial charge in [-0.2, -0.15) is 0 Å². The van der Waals surface area contributed by atoms with Crippen molar-refractivity contribution in [1.29, 1.82) is 0 Å². The lowest BCUT2D eigenvalue weighted by Crippen LogP contribution is -2.32. The Kier molecular flexibility index (Phi) is 2.94. The minimum absolute atomic E-state index is 0.161. The Bertz CT molecular complexity index is 555. The predicted molar refractivity (Wildman–Crippen MR) is 66.8 cm³/mol. The van der Waals surface area contributed by atoms with Crippen LogP contribution in [-0.4, -0.2) is 21.5 Å². The molecule has 0 fully saturated rings. The zero-order chi connectivity index (χ0) is 12.5. The molecule has 0 unspecified atom stereocenters. The standard InChI is InChI=1S/C14H15NO2/c1-14(2,17)13(16)9-11-8-7-10-5-3-4-6-12(10)15-11/h3-8,17H,9H2,1-2H3. The summed E-state index contributed by atoms with van der Waals surface area (Å²) in [4.78, 5) is 16.1. The van der Waals surface area contributed by atoms with Crippen LogP contribution in [0.1, 0.15) is 19.5 Å². The number of para-hydroxylation sites is 1. The highest BCUT2D eigenvalue weighted by atomic mass is 16.3. The molecular weight excluding hydrogens is 214 g/mol. The minimum Gasteiger partial charge on any atom is -0.383 e. The van der Waals surface area contributed by atoms with Crippen molar-refractivity contribution in [2.75, 3.05) is 0 Å². The summed E-state index contributed by atoms with van der Waals surface area (Å²) in [6.07, 6.45) is 0.161. The largest absolute Gasteiger partial charge is 0.383 e. The second kappa shape index (κ2) is 4.26. The van der Waals surface area contributed by atoms with Gasteiger partial charge >= 0.3 is 0 Å². The molecule has 88 valence electrons. The Hall–Kier alpha value is -1.74. The maximum Gasteiger partial charge on any atom is 0.169 e. The summed E-state index contributed by atoms with van der Waals surface area (Å²) in [7, 11) is 0. The number of hydrogen-bond donors (Lipinski definition) is 1. The summed E-state index contributed by atoms with van der Waals surface area (Å²) in [6, 6.07) is 11.5. The van der Waals surface area contributed by atoms with Crippen molar-refractivity contribution in [1.82, 2.24) is 4.98 Å². The number of benzene rings is 1. The monoisotopic (exact) mass is 229 g/mol. The number of carbonyl (C=O) groups is 1. The van der Waals surface area contributed by atoms with Gasteiger partial charge in [-0.15, -0.1) is 0 Å². The van der Waals surface area contributed by atoms with Gasteiger partial charge in [0.2, 0.25) is 0 Å². The Morgan fingerprint density at radius 3 is 2.65 bits per heavy atom. The highest BCUT2D eigenvalue weighted by molar-refractivity contribution is 5.88. The molecule has 0 atom stereocenters. The van der Waals surface area contributed by atoms with Crippen molar-refractivity contribution in [3.05, 3.63) is 42.1 Å². The predicted octanol–water partition coefficient (Wildman–Crippen LogP) is 2.12. The Balaban J connectivity index is 2.29. The molecule has 0 aliphatic rings. The molecule has 2 aromatic rings. The molecule has 0 saturated carbocycles. The van der Waals surface area contributed by atoms with E-state index in [9.17, 15) is 9.90 Å². The van der Waals surface area contributed by atoms with Gasteiger partial charge in [0.1, 0.15) is 5.60 Å². The SMILES string of the molecule is CC(C)(O)C(=O)Cc1ccc2ccccc2n1. The zero-order valence-corrected chi connectivity index (χ0v) is 9.97. The smallest absolute Gasteiger partial charge is 0.169 e. The molecule has 0 aliphatic heterocycles. The fourth-order valence-corrected chi connectivity index (χ4v) is 1.59. The van der Waals surface area contributed by atoms with Crippen LogP contribution in [0.4, 0.5) is 0 Å². The number of fused-ring (bicyclic) bond motifs is 1. The second-order valence-electron chi connectivity index (χ2n) is 4.65. The van der Waals surface area contributed by atoms with Crippen LogP contribution in [0, 0.1) is 0 Å². The first-order valence-electron chi connectivity index (χ1n) is 5.57. The van der Waals surface area contributed by atoms with Crippen LogP contribution in [0.25, 0.3) is 10.9 Å². The fraction of sp³-hybridized carbons (Fsp3) is 0.286. The normalized spacial score (nSPS) is 11.7. The van der Waals surface area contributed by atoms with Crippen LogP contribution < -0.4 is 0 Å². The van der Waals surface area contributed by atoms with Gasteiger partial charge in [-0.3, -0.25) is 9.78 Å². The van der Waals surface area contributed by atoms with E-state index >= 15 is 0 Å². The number of ketones is 1. The van der Waals surface area contributed by atoms with Gasteiger partial charge in [0.05, 0.1) is 11.9 Å². The highest BCUT2D eigenvalue weighted by Crippen LogP contribution is 2.14. The molecular formula is C14H15NO2. The molecule has 0 spiro atoms. The molecule has 0 radical (unpaired) electrons. The van der Waals surface area contributed by atoms with E-state index in [1.807, 2.05) is 36.4 Å². The third kappa shape index (κ3) is 2.68. The number of aliphatic hydroxyl groups is 1. The van der Waals surface area contributed by atoms with Crippen LogP contribution >= 0.6 is 0 Å². The molecule has 17 heavy (non-hydrogen) atoms. The van der Waals surface area contributed by atoms with E-state index in [4.69, 9.17) is 0 Å². The molecule has 1 N–H and O–H groups in total. The Labute approximate surface area is 100 Å². The first-order chi connectivity index (χ1) is 7.97. The lowest BCUT2D eigenvalue weighted by Gasteiger charge is -2.14. The lowest BCUT2D eigenvalue weighted by molar-refractivity contribution is -0.133. The van der Waals surface area contributed by atoms with Crippen LogP contribution in [0.3, 0.4) is 0 Å².